The molecule has 0 bridgehead atoms. The Hall–Kier alpha value is -3.12. The van der Waals surface area contributed by atoms with E-state index in [2.05, 4.69) is 5.32 Å². The molecule has 6 heteroatoms. The summed E-state index contributed by atoms with van der Waals surface area (Å²) >= 11 is 1.31. The highest BCUT2D eigenvalue weighted by molar-refractivity contribution is 7.15. The molecule has 1 heterocycles. The third kappa shape index (κ3) is 5.33. The number of esters is 1. The van der Waals surface area contributed by atoms with Gasteiger partial charge in [-0.2, -0.15) is 0 Å². The second-order valence-corrected chi connectivity index (χ2v) is 8.42. The van der Waals surface area contributed by atoms with Crippen molar-refractivity contribution in [3.8, 4) is 16.9 Å². The van der Waals surface area contributed by atoms with Crippen LogP contribution in [0.2, 0.25) is 0 Å². The molecule has 3 rings (SSSR count). The Morgan fingerprint density at radius 2 is 1.84 bits per heavy atom. The van der Waals surface area contributed by atoms with Crippen molar-refractivity contribution in [2.75, 3.05) is 11.9 Å². The minimum absolute atomic E-state index is 0.00570. The van der Waals surface area contributed by atoms with E-state index in [0.29, 0.717) is 21.9 Å². The first-order chi connectivity index (χ1) is 14.8. The predicted molar refractivity (Wildman–Crippen MR) is 125 cm³/mol. The number of rotatable bonds is 7. The lowest BCUT2D eigenvalue weighted by molar-refractivity contribution is 0.0529. The summed E-state index contributed by atoms with van der Waals surface area (Å²) < 4.78 is 11.0. The maximum Gasteiger partial charge on any atom is 0.341 e. The number of benzene rings is 2. The Kier molecular flexibility index (Phi) is 7.13. The van der Waals surface area contributed by atoms with Crippen LogP contribution in [0.4, 0.5) is 5.00 Å². The molecular weight excluding hydrogens is 410 g/mol. The second-order valence-electron chi connectivity index (χ2n) is 7.54. The smallest absolute Gasteiger partial charge is 0.341 e. The van der Waals surface area contributed by atoms with Gasteiger partial charge in [0.2, 0.25) is 0 Å². The van der Waals surface area contributed by atoms with Gasteiger partial charge in [-0.25, -0.2) is 4.79 Å². The normalized spacial score (nSPS) is 10.8. The lowest BCUT2D eigenvalue weighted by Crippen LogP contribution is -2.15. The molecule has 0 radical (unpaired) electrons. The number of carbonyl (C=O) groups excluding carboxylic acids is 2. The van der Waals surface area contributed by atoms with Crippen LogP contribution in [0, 0.1) is 13.8 Å². The molecule has 2 aromatic carbocycles. The van der Waals surface area contributed by atoms with E-state index >= 15 is 0 Å². The summed E-state index contributed by atoms with van der Waals surface area (Å²) in [5, 5.41) is 5.25. The van der Waals surface area contributed by atoms with E-state index in [1.807, 2.05) is 57.3 Å². The van der Waals surface area contributed by atoms with Crippen LogP contribution in [-0.2, 0) is 4.74 Å². The molecule has 162 valence electrons. The Morgan fingerprint density at radius 1 is 1.06 bits per heavy atom. The molecular formula is C25H27NO4S. The van der Waals surface area contributed by atoms with Gasteiger partial charge in [-0.05, 0) is 63.9 Å². The summed E-state index contributed by atoms with van der Waals surface area (Å²) in [4.78, 5) is 25.8. The van der Waals surface area contributed by atoms with Gasteiger partial charge < -0.3 is 14.8 Å². The molecule has 31 heavy (non-hydrogen) atoms. The van der Waals surface area contributed by atoms with Crippen LogP contribution in [0.25, 0.3) is 11.1 Å². The molecule has 1 aromatic heterocycles. The SMILES string of the molecule is CCOC(=O)c1c(-c2cc(C)ccc2C)csc1NC(=O)c1cccc(OC(C)C)c1. The summed E-state index contributed by atoms with van der Waals surface area (Å²) in [6.45, 7) is 9.88. The van der Waals surface area contributed by atoms with Crippen molar-refractivity contribution in [1.29, 1.82) is 0 Å². The summed E-state index contributed by atoms with van der Waals surface area (Å²) in [5.74, 6) is -0.142. The van der Waals surface area contributed by atoms with E-state index in [1.54, 1.807) is 25.1 Å². The topological polar surface area (TPSA) is 64.6 Å². The van der Waals surface area contributed by atoms with Gasteiger partial charge in [0.25, 0.3) is 5.91 Å². The zero-order chi connectivity index (χ0) is 22.5. The molecule has 1 N–H and O–H groups in total. The highest BCUT2D eigenvalue weighted by atomic mass is 32.1. The van der Waals surface area contributed by atoms with Gasteiger partial charge in [0.15, 0.2) is 0 Å². The largest absolute Gasteiger partial charge is 0.491 e. The van der Waals surface area contributed by atoms with E-state index in [0.717, 1.165) is 22.3 Å². The summed E-state index contributed by atoms with van der Waals surface area (Å²) in [6, 6.07) is 13.1. The second kappa shape index (κ2) is 9.79. The third-order valence-electron chi connectivity index (χ3n) is 4.65. The lowest BCUT2D eigenvalue weighted by atomic mass is 9.97. The van der Waals surface area contributed by atoms with Crippen LogP contribution in [0.5, 0.6) is 5.75 Å². The third-order valence-corrected chi connectivity index (χ3v) is 5.54. The number of nitrogens with one attached hydrogen (secondary N) is 1. The van der Waals surface area contributed by atoms with Crippen LogP contribution in [-0.4, -0.2) is 24.6 Å². The van der Waals surface area contributed by atoms with Gasteiger partial charge in [0, 0.05) is 16.5 Å². The number of hydrogen-bond donors (Lipinski definition) is 1. The monoisotopic (exact) mass is 437 g/mol. The van der Waals surface area contributed by atoms with Crippen LogP contribution in [0.3, 0.4) is 0 Å². The summed E-state index contributed by atoms with van der Waals surface area (Å²) in [5.41, 5.74) is 4.68. The fraction of sp³-hybridized carbons (Fsp3) is 0.280. The van der Waals surface area contributed by atoms with Crippen LogP contribution in [0.1, 0.15) is 52.6 Å². The number of aryl methyl sites for hydroxylation is 2. The Balaban J connectivity index is 1.98. The van der Waals surface area contributed by atoms with Crippen LogP contribution >= 0.6 is 11.3 Å². The van der Waals surface area contributed by atoms with Gasteiger partial charge in [0.05, 0.1) is 12.7 Å². The first-order valence-corrected chi connectivity index (χ1v) is 11.1. The van der Waals surface area contributed by atoms with Crippen molar-refractivity contribution in [3.05, 3.63) is 70.1 Å². The van der Waals surface area contributed by atoms with Crippen molar-refractivity contribution in [1.82, 2.24) is 0 Å². The number of ether oxygens (including phenoxy) is 2. The first-order valence-electron chi connectivity index (χ1n) is 10.2. The molecule has 0 aliphatic rings. The zero-order valence-corrected chi connectivity index (χ0v) is 19.3. The predicted octanol–water partition coefficient (Wildman–Crippen LogP) is 6.25. The fourth-order valence-electron chi connectivity index (χ4n) is 3.24. The summed E-state index contributed by atoms with van der Waals surface area (Å²) in [7, 11) is 0. The standard InChI is InChI=1S/C25H27NO4S/c1-6-29-25(28)22-21(20-12-16(4)10-11-17(20)5)14-31-24(22)26-23(27)18-8-7-9-19(13-18)30-15(2)3/h7-15H,6H2,1-5H3,(H,26,27). The molecule has 0 spiro atoms. The van der Waals surface area contributed by atoms with E-state index in [4.69, 9.17) is 9.47 Å². The highest BCUT2D eigenvalue weighted by Crippen LogP contribution is 2.38. The minimum atomic E-state index is -0.452. The van der Waals surface area contributed by atoms with Crippen molar-refractivity contribution >= 4 is 28.2 Å². The van der Waals surface area contributed by atoms with Gasteiger partial charge in [0.1, 0.15) is 16.3 Å². The first kappa shape index (κ1) is 22.6. The van der Waals surface area contributed by atoms with Gasteiger partial charge >= 0.3 is 5.97 Å². The Morgan fingerprint density at radius 3 is 2.55 bits per heavy atom. The van der Waals surface area contributed by atoms with Gasteiger partial charge in [-0.15, -0.1) is 11.3 Å². The number of amides is 1. The molecule has 0 fully saturated rings. The maximum atomic E-state index is 12.9. The number of anilines is 1. The molecule has 0 saturated carbocycles. The molecule has 0 saturated heterocycles. The Bertz CT molecular complexity index is 1100. The molecule has 5 nitrogen and oxygen atoms in total. The van der Waals surface area contributed by atoms with E-state index in [-0.39, 0.29) is 18.6 Å². The number of thiophene rings is 1. The van der Waals surface area contributed by atoms with E-state index < -0.39 is 5.97 Å². The molecule has 0 atom stereocenters. The highest BCUT2D eigenvalue weighted by Gasteiger charge is 2.24. The van der Waals surface area contributed by atoms with Gasteiger partial charge in [-0.3, -0.25) is 4.79 Å². The van der Waals surface area contributed by atoms with Crippen LogP contribution in [0.15, 0.2) is 47.8 Å². The molecule has 0 aliphatic heterocycles. The average Bonchev–Trinajstić information content (AvgIpc) is 3.13. The van der Waals surface area contributed by atoms with Crippen molar-refractivity contribution in [3.63, 3.8) is 0 Å². The lowest BCUT2D eigenvalue weighted by Gasteiger charge is -2.12. The van der Waals surface area contributed by atoms with Crippen molar-refractivity contribution in [2.45, 2.75) is 40.7 Å². The maximum absolute atomic E-state index is 12.9. The molecule has 0 unspecified atom stereocenters. The quantitative estimate of drug-likeness (QED) is 0.444. The molecule has 3 aromatic rings. The molecule has 1 amide bonds. The average molecular weight is 438 g/mol. The van der Waals surface area contributed by atoms with Gasteiger partial charge in [-0.1, -0.05) is 29.8 Å². The number of hydrogen-bond acceptors (Lipinski definition) is 5. The number of carbonyl (C=O) groups is 2. The fourth-order valence-corrected chi connectivity index (χ4v) is 4.18. The minimum Gasteiger partial charge on any atom is -0.491 e. The zero-order valence-electron chi connectivity index (χ0n) is 18.4. The van der Waals surface area contributed by atoms with Crippen LogP contribution < -0.4 is 10.1 Å². The van der Waals surface area contributed by atoms with Crippen molar-refractivity contribution < 1.29 is 19.1 Å². The van der Waals surface area contributed by atoms with E-state index in [9.17, 15) is 9.59 Å². The Labute approximate surface area is 187 Å². The van der Waals surface area contributed by atoms with Crippen molar-refractivity contribution in [2.24, 2.45) is 0 Å². The molecule has 0 aliphatic carbocycles. The summed E-state index contributed by atoms with van der Waals surface area (Å²) in [6.07, 6.45) is 0.00570. The van der Waals surface area contributed by atoms with E-state index in [1.165, 1.54) is 11.3 Å².